The van der Waals surface area contributed by atoms with E-state index in [1.54, 1.807) is 0 Å². The molecule has 1 saturated carbocycles. The fourth-order valence-electron chi connectivity index (χ4n) is 1.77. The van der Waals surface area contributed by atoms with E-state index in [1.807, 2.05) is 0 Å². The maximum atomic E-state index is 3.67. The van der Waals surface area contributed by atoms with Crippen LogP contribution in [0.25, 0.3) is 0 Å². The third kappa shape index (κ3) is 2.61. The quantitative estimate of drug-likeness (QED) is 0.615. The lowest BCUT2D eigenvalue weighted by Gasteiger charge is -2.06. The molecule has 1 aliphatic rings. The molecule has 1 rings (SSSR count). The van der Waals surface area contributed by atoms with Crippen molar-refractivity contribution in [2.75, 3.05) is 0 Å². The van der Waals surface area contributed by atoms with Crippen molar-refractivity contribution in [3.8, 4) is 0 Å². The predicted octanol–water partition coefficient (Wildman–Crippen LogP) is 3.74. The molecular weight excluding hydrogens is 188 g/mol. The molecule has 0 aromatic carbocycles. The van der Waals surface area contributed by atoms with Crippen molar-refractivity contribution in [1.82, 2.24) is 0 Å². The highest BCUT2D eigenvalue weighted by molar-refractivity contribution is 9.09. The number of hydrogen-bond donors (Lipinski definition) is 0. The molecule has 0 aromatic heterocycles. The average Bonchev–Trinajstić information content (AvgIpc) is 2.31. The van der Waals surface area contributed by atoms with Crippen molar-refractivity contribution in [1.29, 1.82) is 0 Å². The van der Waals surface area contributed by atoms with Crippen LogP contribution in [0.2, 0.25) is 0 Å². The van der Waals surface area contributed by atoms with Crippen molar-refractivity contribution in [2.45, 2.75) is 50.3 Å². The van der Waals surface area contributed by atoms with Crippen molar-refractivity contribution in [2.24, 2.45) is 5.92 Å². The van der Waals surface area contributed by atoms with Gasteiger partial charge in [-0.15, -0.1) is 0 Å². The van der Waals surface area contributed by atoms with Gasteiger partial charge in [-0.05, 0) is 25.2 Å². The summed E-state index contributed by atoms with van der Waals surface area (Å²) in [5.74, 6) is 1.05. The Morgan fingerprint density at radius 1 is 1.40 bits per heavy atom. The number of halogens is 1. The molecule has 0 radical (unpaired) electrons. The molecule has 0 amide bonds. The van der Waals surface area contributed by atoms with E-state index in [0.29, 0.717) is 0 Å². The molecule has 0 N–H and O–H groups in total. The highest BCUT2D eigenvalue weighted by atomic mass is 79.9. The average molecular weight is 205 g/mol. The first-order valence-electron chi connectivity index (χ1n) is 4.47. The minimum absolute atomic E-state index is 0.842. The first-order chi connectivity index (χ1) is 4.83. The van der Waals surface area contributed by atoms with Crippen LogP contribution >= 0.6 is 15.9 Å². The molecule has 2 atom stereocenters. The highest BCUT2D eigenvalue weighted by Gasteiger charge is 2.21. The van der Waals surface area contributed by atoms with E-state index in [9.17, 15) is 0 Å². The summed E-state index contributed by atoms with van der Waals surface area (Å²) in [6, 6.07) is 0. The molecule has 1 heteroatoms. The molecular formula is C9H17Br. The van der Waals surface area contributed by atoms with E-state index in [0.717, 1.165) is 10.7 Å². The van der Waals surface area contributed by atoms with E-state index in [1.165, 1.54) is 38.5 Å². The number of hydrogen-bond acceptors (Lipinski definition) is 0. The molecule has 60 valence electrons. The van der Waals surface area contributed by atoms with Gasteiger partial charge < -0.3 is 0 Å². The number of unbranched alkanes of at least 4 members (excludes halogenated alkanes) is 1. The fourth-order valence-corrected chi connectivity index (χ4v) is 2.56. The van der Waals surface area contributed by atoms with Crippen LogP contribution < -0.4 is 0 Å². The van der Waals surface area contributed by atoms with Crippen LogP contribution in [-0.2, 0) is 0 Å². The van der Waals surface area contributed by atoms with Gasteiger partial charge >= 0.3 is 0 Å². The van der Waals surface area contributed by atoms with E-state index in [-0.39, 0.29) is 0 Å². The minimum Gasteiger partial charge on any atom is -0.0891 e. The van der Waals surface area contributed by atoms with Crippen molar-refractivity contribution < 1.29 is 0 Å². The lowest BCUT2D eigenvalue weighted by atomic mass is 10.0. The predicted molar refractivity (Wildman–Crippen MR) is 49.6 cm³/mol. The van der Waals surface area contributed by atoms with Crippen LogP contribution in [0.5, 0.6) is 0 Å². The second-order valence-electron chi connectivity index (χ2n) is 3.42. The largest absolute Gasteiger partial charge is 0.0891 e. The zero-order valence-corrected chi connectivity index (χ0v) is 8.36. The van der Waals surface area contributed by atoms with Crippen LogP contribution in [0.3, 0.4) is 0 Å². The van der Waals surface area contributed by atoms with Gasteiger partial charge in [0.1, 0.15) is 0 Å². The molecule has 0 heterocycles. The maximum Gasteiger partial charge on any atom is 0.0148 e. The van der Waals surface area contributed by atoms with Crippen molar-refractivity contribution >= 4 is 15.9 Å². The van der Waals surface area contributed by atoms with E-state index >= 15 is 0 Å². The van der Waals surface area contributed by atoms with E-state index in [2.05, 4.69) is 22.9 Å². The summed E-state index contributed by atoms with van der Waals surface area (Å²) in [6.07, 6.45) is 8.58. The monoisotopic (exact) mass is 204 g/mol. The molecule has 0 aromatic rings. The summed E-state index contributed by atoms with van der Waals surface area (Å²) < 4.78 is 0. The molecule has 0 spiro atoms. The van der Waals surface area contributed by atoms with Crippen LogP contribution in [0.4, 0.5) is 0 Å². The third-order valence-electron chi connectivity index (χ3n) is 2.44. The zero-order valence-electron chi connectivity index (χ0n) is 6.78. The molecule has 0 bridgehead atoms. The summed E-state index contributed by atoms with van der Waals surface area (Å²) in [4.78, 5) is 0.842. The van der Waals surface area contributed by atoms with E-state index < -0.39 is 0 Å². The highest BCUT2D eigenvalue weighted by Crippen LogP contribution is 2.33. The summed E-state index contributed by atoms with van der Waals surface area (Å²) in [5.41, 5.74) is 0. The summed E-state index contributed by atoms with van der Waals surface area (Å²) in [7, 11) is 0. The maximum absolute atomic E-state index is 3.67. The topological polar surface area (TPSA) is 0 Å². The molecule has 1 fully saturated rings. The second-order valence-corrected chi connectivity index (χ2v) is 4.71. The van der Waals surface area contributed by atoms with Crippen LogP contribution in [0, 0.1) is 5.92 Å². The third-order valence-corrected chi connectivity index (χ3v) is 3.27. The molecule has 2 unspecified atom stereocenters. The Hall–Kier alpha value is 0.480. The second kappa shape index (κ2) is 4.38. The Kier molecular flexibility index (Phi) is 3.75. The van der Waals surface area contributed by atoms with Crippen molar-refractivity contribution in [3.05, 3.63) is 0 Å². The van der Waals surface area contributed by atoms with Gasteiger partial charge in [0.15, 0.2) is 0 Å². The Labute approximate surface area is 72.5 Å². The Morgan fingerprint density at radius 3 is 2.70 bits per heavy atom. The molecule has 1 aliphatic carbocycles. The van der Waals surface area contributed by atoms with Gasteiger partial charge in [-0.2, -0.15) is 0 Å². The first-order valence-corrected chi connectivity index (χ1v) is 5.38. The lowest BCUT2D eigenvalue weighted by Crippen LogP contribution is -1.94. The zero-order chi connectivity index (χ0) is 7.40. The smallest absolute Gasteiger partial charge is 0.0148 e. The van der Waals surface area contributed by atoms with Crippen LogP contribution in [-0.4, -0.2) is 4.83 Å². The summed E-state index contributed by atoms with van der Waals surface area (Å²) in [6.45, 7) is 2.28. The molecule has 10 heavy (non-hydrogen) atoms. The van der Waals surface area contributed by atoms with Crippen LogP contribution in [0.1, 0.15) is 45.4 Å². The van der Waals surface area contributed by atoms with Gasteiger partial charge in [-0.1, -0.05) is 42.1 Å². The van der Waals surface area contributed by atoms with Gasteiger partial charge in [-0.3, -0.25) is 0 Å². The van der Waals surface area contributed by atoms with Gasteiger partial charge in [0.25, 0.3) is 0 Å². The first kappa shape index (κ1) is 8.58. The Bertz CT molecular complexity index is 90.7. The van der Waals surface area contributed by atoms with Gasteiger partial charge in [0.2, 0.25) is 0 Å². The van der Waals surface area contributed by atoms with Crippen LogP contribution in [0.15, 0.2) is 0 Å². The normalized spacial score (nSPS) is 33.0. The minimum atomic E-state index is 0.842. The molecule has 0 aliphatic heterocycles. The summed E-state index contributed by atoms with van der Waals surface area (Å²) >= 11 is 3.67. The van der Waals surface area contributed by atoms with Crippen molar-refractivity contribution in [3.63, 3.8) is 0 Å². The Balaban J connectivity index is 2.06. The standard InChI is InChI=1S/C9H17Br/c1-2-3-4-8-5-6-9(10)7-8/h8-9H,2-7H2,1H3. The molecule has 0 saturated heterocycles. The number of alkyl halides is 1. The SMILES string of the molecule is CCCCC1CCC(Br)C1. The van der Waals surface area contributed by atoms with Gasteiger partial charge in [0, 0.05) is 4.83 Å². The van der Waals surface area contributed by atoms with Gasteiger partial charge in [0.05, 0.1) is 0 Å². The van der Waals surface area contributed by atoms with Gasteiger partial charge in [-0.25, -0.2) is 0 Å². The Morgan fingerprint density at radius 2 is 2.20 bits per heavy atom. The van der Waals surface area contributed by atoms with E-state index in [4.69, 9.17) is 0 Å². The number of rotatable bonds is 3. The summed E-state index contributed by atoms with van der Waals surface area (Å²) in [5, 5.41) is 0. The lowest BCUT2D eigenvalue weighted by molar-refractivity contribution is 0.481. The fraction of sp³-hybridized carbons (Fsp3) is 1.00. The molecule has 0 nitrogen and oxygen atoms in total.